The lowest BCUT2D eigenvalue weighted by atomic mass is 9.65. The van der Waals surface area contributed by atoms with E-state index in [0.717, 1.165) is 18.7 Å². The van der Waals surface area contributed by atoms with Gasteiger partial charge in [0.05, 0.1) is 0 Å². The van der Waals surface area contributed by atoms with E-state index in [0.29, 0.717) is 0 Å². The van der Waals surface area contributed by atoms with E-state index in [1.54, 1.807) is 13.4 Å². The molecule has 1 saturated carbocycles. The minimum Gasteiger partial charge on any atom is -0.359 e. The van der Waals surface area contributed by atoms with Gasteiger partial charge in [-0.15, -0.1) is 0 Å². The molecule has 1 fully saturated rings. The fourth-order valence-electron chi connectivity index (χ4n) is 3.33. The normalized spacial score (nSPS) is 30.4. The summed E-state index contributed by atoms with van der Waals surface area (Å²) in [6.45, 7) is 6.52. The number of aryl methyl sites for hydroxylation is 1. The lowest BCUT2D eigenvalue weighted by Gasteiger charge is -2.40. The van der Waals surface area contributed by atoms with Crippen LogP contribution in [0.1, 0.15) is 39.4 Å². The number of rotatable bonds is 2. The molecule has 1 amide bonds. The van der Waals surface area contributed by atoms with E-state index in [1.165, 1.54) is 0 Å². The average Bonchev–Trinajstić information content (AvgIpc) is 2.83. The van der Waals surface area contributed by atoms with Crippen LogP contribution < -0.4 is 5.32 Å². The molecule has 0 radical (unpaired) electrons. The standard InChI is InChI=1S/C13H22N4O/c1-12(2)9(10(18)14-4)6-7-13(12,3)11-15-8-16-17(11)5/h8-9H,6-7H2,1-5H3,(H,14,18)/t9-,13+/m0/s1. The minimum absolute atomic E-state index is 0.0317. The van der Waals surface area contributed by atoms with Crippen LogP contribution in [0, 0.1) is 11.3 Å². The summed E-state index contributed by atoms with van der Waals surface area (Å²) >= 11 is 0. The molecule has 100 valence electrons. The van der Waals surface area contributed by atoms with E-state index < -0.39 is 0 Å². The smallest absolute Gasteiger partial charge is 0.223 e. The number of nitrogens with one attached hydrogen (secondary N) is 1. The maximum absolute atomic E-state index is 12.0. The van der Waals surface area contributed by atoms with Crippen molar-refractivity contribution in [1.82, 2.24) is 20.1 Å². The van der Waals surface area contributed by atoms with Crippen LogP contribution in [-0.2, 0) is 17.3 Å². The number of hydrogen-bond donors (Lipinski definition) is 1. The maximum atomic E-state index is 12.0. The summed E-state index contributed by atoms with van der Waals surface area (Å²) in [6.07, 6.45) is 3.45. The monoisotopic (exact) mass is 250 g/mol. The maximum Gasteiger partial charge on any atom is 0.223 e. The van der Waals surface area contributed by atoms with Gasteiger partial charge in [-0.2, -0.15) is 5.10 Å². The number of aromatic nitrogens is 3. The molecule has 0 unspecified atom stereocenters. The Morgan fingerprint density at radius 3 is 2.67 bits per heavy atom. The van der Waals surface area contributed by atoms with Crippen molar-refractivity contribution in [3.8, 4) is 0 Å². The van der Waals surface area contributed by atoms with Gasteiger partial charge in [0.25, 0.3) is 0 Å². The highest BCUT2D eigenvalue weighted by Gasteiger charge is 2.56. The van der Waals surface area contributed by atoms with Crippen molar-refractivity contribution in [1.29, 1.82) is 0 Å². The van der Waals surface area contributed by atoms with Crippen LogP contribution in [0.15, 0.2) is 6.33 Å². The molecular formula is C13H22N4O. The summed E-state index contributed by atoms with van der Waals surface area (Å²) in [5, 5.41) is 6.95. The third-order valence-electron chi connectivity index (χ3n) is 4.99. The van der Waals surface area contributed by atoms with Crippen molar-refractivity contribution in [3.05, 3.63) is 12.2 Å². The topological polar surface area (TPSA) is 59.8 Å². The zero-order valence-corrected chi connectivity index (χ0v) is 11.8. The Morgan fingerprint density at radius 2 is 2.17 bits per heavy atom. The molecule has 0 spiro atoms. The van der Waals surface area contributed by atoms with Gasteiger partial charge in [0, 0.05) is 25.4 Å². The summed E-state index contributed by atoms with van der Waals surface area (Å²) in [5.41, 5.74) is -0.247. The molecule has 1 aliphatic rings. The van der Waals surface area contributed by atoms with E-state index in [1.807, 2.05) is 11.7 Å². The van der Waals surface area contributed by atoms with Crippen LogP contribution in [0.25, 0.3) is 0 Å². The third-order valence-corrected chi connectivity index (χ3v) is 4.99. The Balaban J connectivity index is 2.42. The fraction of sp³-hybridized carbons (Fsp3) is 0.769. The van der Waals surface area contributed by atoms with Gasteiger partial charge in [-0.05, 0) is 18.3 Å². The first-order valence-electron chi connectivity index (χ1n) is 6.40. The minimum atomic E-state index is -0.131. The second-order valence-electron chi connectivity index (χ2n) is 5.97. The zero-order valence-electron chi connectivity index (χ0n) is 11.8. The predicted molar refractivity (Wildman–Crippen MR) is 68.9 cm³/mol. The van der Waals surface area contributed by atoms with Gasteiger partial charge < -0.3 is 5.32 Å². The summed E-state index contributed by atoms with van der Waals surface area (Å²) in [7, 11) is 3.62. The van der Waals surface area contributed by atoms with Gasteiger partial charge in [0.15, 0.2) is 0 Å². The molecular weight excluding hydrogens is 228 g/mol. The number of amides is 1. The Bertz CT molecular complexity index is 465. The molecule has 0 saturated heterocycles. The first-order valence-corrected chi connectivity index (χ1v) is 6.40. The summed E-state index contributed by atoms with van der Waals surface area (Å²) in [4.78, 5) is 16.4. The zero-order chi connectivity index (χ0) is 13.6. The fourth-order valence-corrected chi connectivity index (χ4v) is 3.33. The molecule has 2 rings (SSSR count). The van der Waals surface area contributed by atoms with Gasteiger partial charge in [-0.25, -0.2) is 4.98 Å². The molecule has 1 aromatic rings. The predicted octanol–water partition coefficient (Wildman–Crippen LogP) is 1.25. The molecule has 0 aromatic carbocycles. The molecule has 2 atom stereocenters. The molecule has 0 aliphatic heterocycles. The van der Waals surface area contributed by atoms with E-state index in [4.69, 9.17) is 0 Å². The molecule has 1 heterocycles. The van der Waals surface area contributed by atoms with Crippen LogP contribution in [0.5, 0.6) is 0 Å². The van der Waals surface area contributed by atoms with Crippen LogP contribution >= 0.6 is 0 Å². The first kappa shape index (κ1) is 13.1. The average molecular weight is 250 g/mol. The van der Waals surface area contributed by atoms with Gasteiger partial charge in [0.2, 0.25) is 5.91 Å². The number of carbonyl (C=O) groups excluding carboxylic acids is 1. The molecule has 1 aliphatic carbocycles. The number of nitrogens with zero attached hydrogens (tertiary/aromatic N) is 3. The van der Waals surface area contributed by atoms with Crippen molar-refractivity contribution in [3.63, 3.8) is 0 Å². The lowest BCUT2D eigenvalue weighted by molar-refractivity contribution is -0.127. The molecule has 0 bridgehead atoms. The quantitative estimate of drug-likeness (QED) is 0.859. The SMILES string of the molecule is CNC(=O)[C@@H]1CC[C@](C)(c2ncnn2C)C1(C)C. The van der Waals surface area contributed by atoms with E-state index in [-0.39, 0.29) is 22.7 Å². The summed E-state index contributed by atoms with van der Waals surface area (Å²) < 4.78 is 1.83. The number of hydrogen-bond acceptors (Lipinski definition) is 3. The van der Waals surface area contributed by atoms with Gasteiger partial charge in [0.1, 0.15) is 12.2 Å². The van der Waals surface area contributed by atoms with Crippen molar-refractivity contribution < 1.29 is 4.79 Å². The molecule has 1 N–H and O–H groups in total. The van der Waals surface area contributed by atoms with Crippen molar-refractivity contribution in [2.75, 3.05) is 7.05 Å². The Labute approximate surface area is 108 Å². The van der Waals surface area contributed by atoms with Gasteiger partial charge in [-0.1, -0.05) is 20.8 Å². The van der Waals surface area contributed by atoms with Crippen molar-refractivity contribution >= 4 is 5.91 Å². The summed E-state index contributed by atoms with van der Waals surface area (Å²) in [5.74, 6) is 1.13. The number of carbonyl (C=O) groups is 1. The Hall–Kier alpha value is -1.39. The van der Waals surface area contributed by atoms with Crippen LogP contribution in [0.4, 0.5) is 0 Å². The molecule has 5 heteroatoms. The van der Waals surface area contributed by atoms with E-state index in [9.17, 15) is 4.79 Å². The van der Waals surface area contributed by atoms with Crippen molar-refractivity contribution in [2.45, 2.75) is 39.0 Å². The Kier molecular flexibility index (Phi) is 2.95. The van der Waals surface area contributed by atoms with E-state index >= 15 is 0 Å². The van der Waals surface area contributed by atoms with Crippen LogP contribution in [0.2, 0.25) is 0 Å². The van der Waals surface area contributed by atoms with Crippen LogP contribution in [0.3, 0.4) is 0 Å². The Morgan fingerprint density at radius 1 is 1.50 bits per heavy atom. The van der Waals surface area contributed by atoms with Crippen LogP contribution in [-0.4, -0.2) is 27.7 Å². The van der Waals surface area contributed by atoms with Crippen molar-refractivity contribution in [2.24, 2.45) is 18.4 Å². The largest absolute Gasteiger partial charge is 0.359 e. The van der Waals surface area contributed by atoms with Gasteiger partial charge in [-0.3, -0.25) is 9.48 Å². The molecule has 18 heavy (non-hydrogen) atoms. The summed E-state index contributed by atoms with van der Waals surface area (Å²) in [6, 6.07) is 0. The molecule has 5 nitrogen and oxygen atoms in total. The first-order chi connectivity index (χ1) is 8.34. The highest BCUT2D eigenvalue weighted by Crippen LogP contribution is 2.56. The third kappa shape index (κ3) is 1.56. The highest BCUT2D eigenvalue weighted by molar-refractivity contribution is 5.80. The molecule has 1 aromatic heterocycles. The second kappa shape index (κ2) is 4.07. The highest BCUT2D eigenvalue weighted by atomic mass is 16.1. The van der Waals surface area contributed by atoms with Gasteiger partial charge >= 0.3 is 0 Å². The lowest BCUT2D eigenvalue weighted by Crippen LogP contribution is -2.44. The van der Waals surface area contributed by atoms with E-state index in [2.05, 4.69) is 36.2 Å². The second-order valence-corrected chi connectivity index (χ2v) is 5.97.